The van der Waals surface area contributed by atoms with E-state index in [0.717, 1.165) is 18.5 Å². The van der Waals surface area contributed by atoms with Crippen molar-refractivity contribution in [3.8, 4) is 0 Å². The maximum absolute atomic E-state index is 13.7. The van der Waals surface area contributed by atoms with Gasteiger partial charge in [-0.2, -0.15) is 0 Å². The number of rotatable bonds is 1. The van der Waals surface area contributed by atoms with Crippen molar-refractivity contribution in [2.75, 3.05) is 0 Å². The molecule has 0 spiro atoms. The van der Waals surface area contributed by atoms with Gasteiger partial charge in [-0.1, -0.05) is 23.2 Å². The van der Waals surface area contributed by atoms with Crippen molar-refractivity contribution in [2.24, 2.45) is 0 Å². The molecule has 0 atom stereocenters. The second-order valence-electron chi connectivity index (χ2n) is 4.09. The number of hydrogen-bond acceptors (Lipinski definition) is 1. The molecule has 1 heterocycles. The summed E-state index contributed by atoms with van der Waals surface area (Å²) in [6.45, 7) is 0. The molecule has 1 fully saturated rings. The molecule has 0 N–H and O–H groups in total. The van der Waals surface area contributed by atoms with Crippen molar-refractivity contribution in [3.05, 3.63) is 39.8 Å². The van der Waals surface area contributed by atoms with Crippen LogP contribution in [0, 0.1) is 5.82 Å². The molecule has 82 valence electrons. The minimum atomic E-state index is -0.410. The van der Waals surface area contributed by atoms with Gasteiger partial charge in [0, 0.05) is 22.0 Å². The van der Waals surface area contributed by atoms with Crippen LogP contribution in [0.1, 0.15) is 24.5 Å². The fourth-order valence-corrected chi connectivity index (χ4v) is 2.28. The molecule has 4 heteroatoms. The van der Waals surface area contributed by atoms with Gasteiger partial charge in [-0.15, -0.1) is 0 Å². The van der Waals surface area contributed by atoms with Gasteiger partial charge in [-0.25, -0.2) is 9.37 Å². The number of aromatic nitrogens is 1. The Bertz CT molecular complexity index is 579. The Hall–Kier alpha value is -0.860. The molecule has 1 nitrogen and oxygen atoms in total. The first-order chi connectivity index (χ1) is 7.65. The minimum absolute atomic E-state index is 0.318. The quantitative estimate of drug-likeness (QED) is 0.728. The summed E-state index contributed by atoms with van der Waals surface area (Å²) in [6, 6.07) is 4.73. The largest absolute Gasteiger partial charge is 0.249 e. The Balaban J connectivity index is 2.32. The maximum Gasteiger partial charge on any atom is 0.150 e. The van der Waals surface area contributed by atoms with Crippen molar-refractivity contribution in [3.63, 3.8) is 0 Å². The normalized spacial score (nSPS) is 15.7. The van der Waals surface area contributed by atoms with Crippen LogP contribution in [0.5, 0.6) is 0 Å². The van der Waals surface area contributed by atoms with E-state index in [-0.39, 0.29) is 0 Å². The third-order valence-electron chi connectivity index (χ3n) is 2.80. The molecule has 0 unspecified atom stereocenters. The summed E-state index contributed by atoms with van der Waals surface area (Å²) in [5, 5.41) is 1.44. The van der Waals surface area contributed by atoms with Crippen molar-refractivity contribution >= 4 is 34.1 Å². The highest BCUT2D eigenvalue weighted by Crippen LogP contribution is 2.41. The van der Waals surface area contributed by atoms with Crippen LogP contribution >= 0.6 is 23.2 Å². The summed E-state index contributed by atoms with van der Waals surface area (Å²) in [6.07, 6.45) is 2.23. The van der Waals surface area contributed by atoms with Gasteiger partial charge in [0.05, 0.1) is 5.02 Å². The van der Waals surface area contributed by atoms with Crippen LogP contribution in [0.15, 0.2) is 18.2 Å². The van der Waals surface area contributed by atoms with Gasteiger partial charge < -0.3 is 0 Å². The molecule has 16 heavy (non-hydrogen) atoms. The summed E-state index contributed by atoms with van der Waals surface area (Å²) in [5.41, 5.74) is 1.21. The smallest absolute Gasteiger partial charge is 0.150 e. The van der Waals surface area contributed by atoms with Crippen LogP contribution in [0.4, 0.5) is 4.39 Å². The van der Waals surface area contributed by atoms with E-state index in [1.807, 2.05) is 6.07 Å². The number of nitrogens with zero attached hydrogens (tertiary/aromatic N) is 1. The Labute approximate surface area is 102 Å². The number of pyridine rings is 1. The van der Waals surface area contributed by atoms with E-state index in [1.165, 1.54) is 6.07 Å². The summed E-state index contributed by atoms with van der Waals surface area (Å²) < 4.78 is 13.7. The Kier molecular flexibility index (Phi) is 2.30. The molecule has 2 aromatic rings. The molecule has 1 aromatic carbocycles. The van der Waals surface area contributed by atoms with Gasteiger partial charge in [0.25, 0.3) is 0 Å². The van der Waals surface area contributed by atoms with E-state index in [0.29, 0.717) is 26.9 Å². The van der Waals surface area contributed by atoms with Crippen molar-refractivity contribution in [2.45, 2.75) is 18.8 Å². The number of benzene rings is 1. The van der Waals surface area contributed by atoms with E-state index in [4.69, 9.17) is 23.2 Å². The van der Waals surface area contributed by atoms with Crippen LogP contribution in [-0.2, 0) is 0 Å². The first-order valence-electron chi connectivity index (χ1n) is 5.10. The molecule has 0 aliphatic heterocycles. The van der Waals surface area contributed by atoms with Gasteiger partial charge >= 0.3 is 0 Å². The van der Waals surface area contributed by atoms with E-state index < -0.39 is 5.82 Å². The van der Waals surface area contributed by atoms with Crippen LogP contribution in [0.25, 0.3) is 10.9 Å². The zero-order chi connectivity index (χ0) is 11.3. The number of halogens is 3. The Morgan fingerprint density at radius 2 is 1.94 bits per heavy atom. The van der Waals surface area contributed by atoms with Gasteiger partial charge in [0.1, 0.15) is 5.52 Å². The van der Waals surface area contributed by atoms with Crippen molar-refractivity contribution in [1.82, 2.24) is 4.98 Å². The summed E-state index contributed by atoms with van der Waals surface area (Å²) >= 11 is 11.9. The molecule has 1 aromatic heterocycles. The fraction of sp³-hybridized carbons (Fsp3) is 0.250. The number of fused-ring (bicyclic) bond motifs is 1. The zero-order valence-corrected chi connectivity index (χ0v) is 9.82. The average Bonchev–Trinajstić information content (AvgIpc) is 3.02. The first kappa shape index (κ1) is 10.3. The molecule has 1 saturated carbocycles. The van der Waals surface area contributed by atoms with Crippen LogP contribution in [0.2, 0.25) is 10.0 Å². The monoisotopic (exact) mass is 255 g/mol. The fourth-order valence-electron chi connectivity index (χ4n) is 1.82. The standard InChI is InChI=1S/C12H8Cl2FN/c13-7-3-8-9(14)5-11(6-1-2-6)16-12(8)10(15)4-7/h3-6H,1-2H2. The van der Waals surface area contributed by atoms with E-state index in [9.17, 15) is 4.39 Å². The second kappa shape index (κ2) is 3.57. The predicted octanol–water partition coefficient (Wildman–Crippen LogP) is 4.56. The SMILES string of the molecule is Fc1cc(Cl)cc2c(Cl)cc(C3CC3)nc12. The third-order valence-corrected chi connectivity index (χ3v) is 3.33. The molecule has 1 aliphatic rings. The second-order valence-corrected chi connectivity index (χ2v) is 4.93. The zero-order valence-electron chi connectivity index (χ0n) is 8.30. The molecule has 0 amide bonds. The molecule has 3 rings (SSSR count). The molecule has 0 saturated heterocycles. The lowest BCUT2D eigenvalue weighted by Gasteiger charge is -2.05. The Morgan fingerprint density at radius 1 is 1.19 bits per heavy atom. The molecule has 1 aliphatic carbocycles. The summed E-state index contributed by atoms with van der Waals surface area (Å²) in [7, 11) is 0. The highest BCUT2D eigenvalue weighted by molar-refractivity contribution is 6.36. The summed E-state index contributed by atoms with van der Waals surface area (Å²) in [5.74, 6) is 0.0453. The molecular formula is C12H8Cl2FN. The van der Waals surface area contributed by atoms with Gasteiger partial charge in [-0.3, -0.25) is 0 Å². The average molecular weight is 256 g/mol. The minimum Gasteiger partial charge on any atom is -0.249 e. The summed E-state index contributed by atoms with van der Waals surface area (Å²) in [4.78, 5) is 4.32. The van der Waals surface area contributed by atoms with Crippen molar-refractivity contribution < 1.29 is 4.39 Å². The van der Waals surface area contributed by atoms with E-state index in [2.05, 4.69) is 4.98 Å². The predicted molar refractivity (Wildman–Crippen MR) is 63.7 cm³/mol. The lowest BCUT2D eigenvalue weighted by atomic mass is 10.1. The third kappa shape index (κ3) is 1.66. The maximum atomic E-state index is 13.7. The highest BCUT2D eigenvalue weighted by Gasteiger charge is 2.26. The van der Waals surface area contributed by atoms with Gasteiger partial charge in [0.15, 0.2) is 5.82 Å². The van der Waals surface area contributed by atoms with E-state index >= 15 is 0 Å². The lowest BCUT2D eigenvalue weighted by Crippen LogP contribution is -1.92. The molecular weight excluding hydrogens is 248 g/mol. The Morgan fingerprint density at radius 3 is 2.62 bits per heavy atom. The topological polar surface area (TPSA) is 12.9 Å². The van der Waals surface area contributed by atoms with Crippen molar-refractivity contribution in [1.29, 1.82) is 0 Å². The van der Waals surface area contributed by atoms with Gasteiger partial charge in [-0.05, 0) is 31.0 Å². The molecule has 0 radical (unpaired) electrons. The van der Waals surface area contributed by atoms with Crippen LogP contribution < -0.4 is 0 Å². The lowest BCUT2D eigenvalue weighted by molar-refractivity contribution is 0.636. The van der Waals surface area contributed by atoms with Crippen LogP contribution in [0.3, 0.4) is 0 Å². The van der Waals surface area contributed by atoms with E-state index in [1.54, 1.807) is 6.07 Å². The molecule has 0 bridgehead atoms. The highest BCUT2D eigenvalue weighted by atomic mass is 35.5. The van der Waals surface area contributed by atoms with Crippen LogP contribution in [-0.4, -0.2) is 4.98 Å². The first-order valence-corrected chi connectivity index (χ1v) is 5.86. The number of hydrogen-bond donors (Lipinski definition) is 0. The van der Waals surface area contributed by atoms with Gasteiger partial charge in [0.2, 0.25) is 0 Å².